The molecule has 0 saturated heterocycles. The minimum atomic E-state index is -0.0314. The number of benzene rings is 2. The van der Waals surface area contributed by atoms with Crippen LogP contribution in [0.2, 0.25) is 0 Å². The van der Waals surface area contributed by atoms with Crippen LogP contribution in [-0.2, 0) is 18.4 Å². The van der Waals surface area contributed by atoms with Crippen molar-refractivity contribution in [3.8, 4) is 0 Å². The van der Waals surface area contributed by atoms with Gasteiger partial charge in [-0.1, -0.05) is 274 Å². The van der Waals surface area contributed by atoms with Gasteiger partial charge in [0.15, 0.2) is 0 Å². The van der Waals surface area contributed by atoms with Crippen molar-refractivity contribution >= 4 is 0 Å². The van der Waals surface area contributed by atoms with Crippen molar-refractivity contribution in [1.29, 1.82) is 0 Å². The summed E-state index contributed by atoms with van der Waals surface area (Å²) in [4.78, 5) is 5.19. The number of imidazole rings is 1. The monoisotopic (exact) mass is 767 g/mol. The minimum Gasteiger partial charge on any atom is -0.335 e. The van der Waals surface area contributed by atoms with Gasteiger partial charge < -0.3 is 4.57 Å². The highest BCUT2D eigenvalue weighted by atomic mass is 15.1. The number of hydrogen-bond donors (Lipinski definition) is 0. The molecule has 3 aromatic rings. The first-order valence-corrected chi connectivity index (χ1v) is 24.8. The van der Waals surface area contributed by atoms with Crippen LogP contribution in [0.3, 0.4) is 0 Å². The first-order chi connectivity index (χ1) is 27.7. The van der Waals surface area contributed by atoms with E-state index in [1.807, 2.05) is 0 Å². The van der Waals surface area contributed by atoms with Crippen molar-refractivity contribution in [2.45, 2.75) is 251 Å². The van der Waals surface area contributed by atoms with E-state index in [1.54, 1.807) is 0 Å². The van der Waals surface area contributed by atoms with E-state index in [9.17, 15) is 0 Å². The number of aromatic nitrogens is 2. The fourth-order valence-corrected chi connectivity index (χ4v) is 9.37. The number of aryl methyl sites for hydroxylation is 1. The predicted molar refractivity (Wildman–Crippen MR) is 248 cm³/mol. The third-order valence-electron chi connectivity index (χ3n) is 13.0. The summed E-state index contributed by atoms with van der Waals surface area (Å²) in [7, 11) is 0. The number of unbranched alkanes of at least 4 members (excludes halogenated alkanes) is 29. The van der Waals surface area contributed by atoms with E-state index in [0.717, 1.165) is 13.0 Å². The maximum Gasteiger partial charge on any atom is 0.112 e. The van der Waals surface area contributed by atoms with Crippen LogP contribution in [0.25, 0.3) is 0 Å². The SMILES string of the molecule is CCCCCCCCCCCCCCCCCCn1ccnc1C(CCCCCCCCCCCCCCCCC)C(C)(Cc1ccccc1)c1ccccc1. The van der Waals surface area contributed by atoms with Gasteiger partial charge in [-0.05, 0) is 30.4 Å². The summed E-state index contributed by atoms with van der Waals surface area (Å²) in [5, 5.41) is 0. The van der Waals surface area contributed by atoms with Crippen molar-refractivity contribution in [3.05, 3.63) is 90.0 Å². The summed E-state index contributed by atoms with van der Waals surface area (Å²) in [6.07, 6.45) is 50.4. The Kier molecular flexibility index (Phi) is 27.9. The number of hydrogen-bond acceptors (Lipinski definition) is 1. The second kappa shape index (κ2) is 32.6. The lowest BCUT2D eigenvalue weighted by Gasteiger charge is -2.39. The molecule has 2 nitrogen and oxygen atoms in total. The topological polar surface area (TPSA) is 17.8 Å². The third-order valence-corrected chi connectivity index (χ3v) is 13.0. The van der Waals surface area contributed by atoms with E-state index in [0.29, 0.717) is 5.92 Å². The molecule has 2 atom stereocenters. The van der Waals surface area contributed by atoms with Crippen LogP contribution in [0.4, 0.5) is 0 Å². The van der Waals surface area contributed by atoms with E-state index >= 15 is 0 Å². The molecule has 0 radical (unpaired) electrons. The van der Waals surface area contributed by atoms with Gasteiger partial charge in [-0.15, -0.1) is 0 Å². The zero-order chi connectivity index (χ0) is 39.6. The van der Waals surface area contributed by atoms with Gasteiger partial charge in [0.05, 0.1) is 0 Å². The van der Waals surface area contributed by atoms with Gasteiger partial charge in [0.2, 0.25) is 0 Å². The molecule has 2 aromatic carbocycles. The quantitative estimate of drug-likeness (QED) is 0.0531. The lowest BCUT2D eigenvalue weighted by Crippen LogP contribution is -2.35. The Hall–Kier alpha value is -2.35. The molecule has 0 aliphatic heterocycles. The Balaban J connectivity index is 1.46. The number of rotatable bonds is 38. The molecule has 316 valence electrons. The molecule has 2 heteroatoms. The summed E-state index contributed by atoms with van der Waals surface area (Å²) in [6, 6.07) is 22.7. The second-order valence-electron chi connectivity index (χ2n) is 18.0. The van der Waals surface area contributed by atoms with E-state index in [1.165, 1.54) is 222 Å². The average molecular weight is 767 g/mol. The fourth-order valence-electron chi connectivity index (χ4n) is 9.37. The Morgan fingerprint density at radius 1 is 0.464 bits per heavy atom. The van der Waals surface area contributed by atoms with E-state index < -0.39 is 0 Å². The van der Waals surface area contributed by atoms with Gasteiger partial charge in [-0.3, -0.25) is 0 Å². The highest BCUT2D eigenvalue weighted by Gasteiger charge is 2.39. The van der Waals surface area contributed by atoms with Crippen LogP contribution < -0.4 is 0 Å². The van der Waals surface area contributed by atoms with Gasteiger partial charge in [0.1, 0.15) is 5.82 Å². The Morgan fingerprint density at radius 3 is 1.27 bits per heavy atom. The Morgan fingerprint density at radius 2 is 0.839 bits per heavy atom. The molecule has 0 aliphatic rings. The van der Waals surface area contributed by atoms with Gasteiger partial charge >= 0.3 is 0 Å². The Labute approximate surface area is 348 Å². The van der Waals surface area contributed by atoms with Gasteiger partial charge in [-0.25, -0.2) is 4.98 Å². The zero-order valence-electron chi connectivity index (χ0n) is 37.4. The molecule has 0 saturated carbocycles. The molecule has 0 bridgehead atoms. The third kappa shape index (κ3) is 20.9. The first-order valence-electron chi connectivity index (χ1n) is 24.8. The van der Waals surface area contributed by atoms with Crippen LogP contribution in [-0.4, -0.2) is 9.55 Å². The summed E-state index contributed by atoms with van der Waals surface area (Å²) in [6.45, 7) is 8.26. The minimum absolute atomic E-state index is 0.0314. The average Bonchev–Trinajstić information content (AvgIpc) is 3.69. The lowest BCUT2D eigenvalue weighted by atomic mass is 9.66. The first kappa shape index (κ1) is 48.0. The number of nitrogens with zero attached hydrogens (tertiary/aromatic N) is 2. The molecular weight excluding hydrogens is 677 g/mol. The maximum absolute atomic E-state index is 5.19. The maximum atomic E-state index is 5.19. The van der Waals surface area contributed by atoms with Crippen LogP contribution in [0.1, 0.15) is 249 Å². The van der Waals surface area contributed by atoms with Crippen molar-refractivity contribution in [1.82, 2.24) is 9.55 Å². The lowest BCUT2D eigenvalue weighted by molar-refractivity contribution is 0.321. The molecule has 2 unspecified atom stereocenters. The van der Waals surface area contributed by atoms with Crippen LogP contribution in [0, 0.1) is 0 Å². The molecule has 0 N–H and O–H groups in total. The molecule has 0 spiro atoms. The molecule has 0 fully saturated rings. The van der Waals surface area contributed by atoms with E-state index in [4.69, 9.17) is 4.98 Å². The highest BCUT2D eigenvalue weighted by Crippen LogP contribution is 2.44. The van der Waals surface area contributed by atoms with Crippen LogP contribution in [0.5, 0.6) is 0 Å². The molecule has 56 heavy (non-hydrogen) atoms. The summed E-state index contributed by atoms with van der Waals surface area (Å²) in [5.74, 6) is 1.70. The molecule has 3 rings (SSSR count). The summed E-state index contributed by atoms with van der Waals surface area (Å²) < 4.78 is 2.55. The van der Waals surface area contributed by atoms with E-state index in [-0.39, 0.29) is 5.41 Å². The second-order valence-corrected chi connectivity index (χ2v) is 18.0. The highest BCUT2D eigenvalue weighted by molar-refractivity contribution is 5.33. The van der Waals surface area contributed by atoms with E-state index in [2.05, 4.69) is 98.4 Å². The van der Waals surface area contributed by atoms with Crippen molar-refractivity contribution in [2.75, 3.05) is 0 Å². The molecule has 1 heterocycles. The van der Waals surface area contributed by atoms with Crippen molar-refractivity contribution in [3.63, 3.8) is 0 Å². The summed E-state index contributed by atoms with van der Waals surface area (Å²) >= 11 is 0. The molecule has 0 aliphatic carbocycles. The zero-order valence-corrected chi connectivity index (χ0v) is 37.4. The largest absolute Gasteiger partial charge is 0.335 e. The predicted octanol–water partition coefficient (Wildman–Crippen LogP) is 17.7. The normalized spacial score (nSPS) is 13.3. The Bertz CT molecular complexity index is 1260. The molecular formula is C54H90N2. The summed E-state index contributed by atoms with van der Waals surface area (Å²) in [5.41, 5.74) is 2.85. The van der Waals surface area contributed by atoms with Gasteiger partial charge in [0, 0.05) is 30.3 Å². The van der Waals surface area contributed by atoms with Crippen LogP contribution >= 0.6 is 0 Å². The van der Waals surface area contributed by atoms with Crippen molar-refractivity contribution in [2.24, 2.45) is 0 Å². The molecule has 1 aromatic heterocycles. The molecule has 0 amide bonds. The van der Waals surface area contributed by atoms with Gasteiger partial charge in [-0.2, -0.15) is 0 Å². The standard InChI is InChI=1S/C54H90N2/c1-4-6-8-10-12-14-16-18-20-22-24-26-28-30-32-40-47-56-48-46-55-53(56)52(45-39-31-29-27-25-23-21-19-17-15-13-11-9-7-5-2)54(3,51-43-37-34-38-44-51)49-50-41-35-33-36-42-50/h33-38,41-44,46,48,52H,4-32,39-40,45,47,49H2,1-3H3. The smallest absolute Gasteiger partial charge is 0.112 e. The van der Waals surface area contributed by atoms with Crippen LogP contribution in [0.15, 0.2) is 73.1 Å². The van der Waals surface area contributed by atoms with Gasteiger partial charge in [0.25, 0.3) is 0 Å². The fraction of sp³-hybridized carbons (Fsp3) is 0.722. The van der Waals surface area contributed by atoms with Crippen molar-refractivity contribution < 1.29 is 0 Å².